The molecular weight excluding hydrogens is 238 g/mol. The van der Waals surface area contributed by atoms with Crippen molar-refractivity contribution < 1.29 is 9.21 Å². The van der Waals surface area contributed by atoms with Crippen molar-refractivity contribution in [3.05, 3.63) is 34.3 Å². The van der Waals surface area contributed by atoms with Crippen LogP contribution in [-0.4, -0.2) is 22.4 Å². The molecule has 0 aliphatic heterocycles. The maximum atomic E-state index is 11.8. The first kappa shape index (κ1) is 12.0. The van der Waals surface area contributed by atoms with Crippen LogP contribution in [0.3, 0.4) is 0 Å². The standard InChI is InChI=1S/C12H13NO3S/c1-13-9-7-8(10(14)5-6-17-2)3-4-11(9)16-12(13)15/h3-4,7H,5-6H2,1-2H3. The number of carbonyl (C=O) groups is 1. The molecule has 0 bridgehead atoms. The highest BCUT2D eigenvalue weighted by molar-refractivity contribution is 7.98. The van der Waals surface area contributed by atoms with Crippen LogP contribution in [0, 0.1) is 0 Å². The van der Waals surface area contributed by atoms with Crippen molar-refractivity contribution in [1.29, 1.82) is 0 Å². The number of nitrogens with zero attached hydrogens (tertiary/aromatic N) is 1. The summed E-state index contributed by atoms with van der Waals surface area (Å²) in [5, 5.41) is 0. The van der Waals surface area contributed by atoms with Gasteiger partial charge in [0.25, 0.3) is 0 Å². The molecule has 0 unspecified atom stereocenters. The van der Waals surface area contributed by atoms with Crippen LogP contribution in [0.25, 0.3) is 11.1 Å². The predicted octanol–water partition coefficient (Wildman–Crippen LogP) is 2.07. The number of rotatable bonds is 4. The fraction of sp³-hybridized carbons (Fsp3) is 0.333. The van der Waals surface area contributed by atoms with Gasteiger partial charge in [-0.1, -0.05) is 0 Å². The Kier molecular flexibility index (Phi) is 3.38. The molecule has 0 amide bonds. The lowest BCUT2D eigenvalue weighted by atomic mass is 10.1. The third-order valence-corrected chi connectivity index (χ3v) is 3.26. The second-order valence-electron chi connectivity index (χ2n) is 3.78. The molecule has 1 aromatic carbocycles. The molecule has 1 heterocycles. The van der Waals surface area contributed by atoms with Crippen LogP contribution in [0.5, 0.6) is 0 Å². The van der Waals surface area contributed by atoms with Crippen molar-refractivity contribution in [2.24, 2.45) is 7.05 Å². The topological polar surface area (TPSA) is 52.2 Å². The maximum Gasteiger partial charge on any atom is 0.419 e. The molecule has 5 heteroatoms. The zero-order chi connectivity index (χ0) is 12.4. The van der Waals surface area contributed by atoms with E-state index < -0.39 is 5.76 Å². The van der Waals surface area contributed by atoms with Gasteiger partial charge in [0.1, 0.15) is 0 Å². The molecule has 17 heavy (non-hydrogen) atoms. The summed E-state index contributed by atoms with van der Waals surface area (Å²) >= 11 is 1.64. The molecular formula is C12H13NO3S. The van der Waals surface area contributed by atoms with Crippen molar-refractivity contribution in [2.45, 2.75) is 6.42 Å². The van der Waals surface area contributed by atoms with Crippen molar-refractivity contribution in [3.8, 4) is 0 Å². The van der Waals surface area contributed by atoms with Crippen LogP contribution in [0.1, 0.15) is 16.8 Å². The highest BCUT2D eigenvalue weighted by Crippen LogP contribution is 2.16. The minimum absolute atomic E-state index is 0.0925. The summed E-state index contributed by atoms with van der Waals surface area (Å²) in [6, 6.07) is 5.08. The average molecular weight is 251 g/mol. The van der Waals surface area contributed by atoms with E-state index in [-0.39, 0.29) is 5.78 Å². The van der Waals surface area contributed by atoms with Gasteiger partial charge < -0.3 is 4.42 Å². The normalized spacial score (nSPS) is 10.9. The van der Waals surface area contributed by atoms with Crippen LogP contribution in [0.4, 0.5) is 0 Å². The van der Waals surface area contributed by atoms with E-state index in [1.807, 2.05) is 6.26 Å². The molecule has 2 rings (SSSR count). The molecule has 0 atom stereocenters. The number of hydrogen-bond donors (Lipinski definition) is 0. The number of Topliss-reactive ketones (excluding diaryl/α,β-unsaturated/α-hetero) is 1. The fourth-order valence-corrected chi connectivity index (χ4v) is 2.03. The number of hydrogen-bond acceptors (Lipinski definition) is 4. The third kappa shape index (κ3) is 2.29. The van der Waals surface area contributed by atoms with Gasteiger partial charge in [0.05, 0.1) is 5.52 Å². The molecule has 4 nitrogen and oxygen atoms in total. The predicted molar refractivity (Wildman–Crippen MR) is 68.8 cm³/mol. The summed E-state index contributed by atoms with van der Waals surface area (Å²) in [6.07, 6.45) is 2.48. The summed E-state index contributed by atoms with van der Waals surface area (Å²) < 4.78 is 6.41. The average Bonchev–Trinajstić information content (AvgIpc) is 2.62. The number of ketones is 1. The van der Waals surface area contributed by atoms with Gasteiger partial charge in [0.15, 0.2) is 11.4 Å². The molecule has 0 aliphatic rings. The molecule has 1 aromatic heterocycles. The SMILES string of the molecule is CSCCC(=O)c1ccc2oc(=O)n(C)c2c1. The molecule has 2 aromatic rings. The zero-order valence-corrected chi connectivity index (χ0v) is 10.5. The van der Waals surface area contributed by atoms with Gasteiger partial charge in [-0.3, -0.25) is 9.36 Å². The first-order valence-electron chi connectivity index (χ1n) is 5.25. The van der Waals surface area contributed by atoms with Crippen molar-refractivity contribution in [1.82, 2.24) is 4.57 Å². The highest BCUT2D eigenvalue weighted by atomic mass is 32.2. The minimum atomic E-state index is -0.409. The Hall–Kier alpha value is -1.49. The van der Waals surface area contributed by atoms with Gasteiger partial charge in [-0.05, 0) is 24.5 Å². The van der Waals surface area contributed by atoms with Gasteiger partial charge in [-0.2, -0.15) is 11.8 Å². The molecule has 0 saturated heterocycles. The number of aryl methyl sites for hydroxylation is 1. The summed E-state index contributed by atoms with van der Waals surface area (Å²) in [6.45, 7) is 0. The first-order valence-corrected chi connectivity index (χ1v) is 6.64. The van der Waals surface area contributed by atoms with Gasteiger partial charge in [-0.25, -0.2) is 4.79 Å². The Morgan fingerprint density at radius 2 is 2.24 bits per heavy atom. The summed E-state index contributed by atoms with van der Waals surface area (Å²) in [7, 11) is 1.63. The molecule has 0 fully saturated rings. The van der Waals surface area contributed by atoms with E-state index in [0.717, 1.165) is 5.75 Å². The Balaban J connectivity index is 2.40. The number of thioether (sulfide) groups is 1. The van der Waals surface area contributed by atoms with Gasteiger partial charge in [0.2, 0.25) is 0 Å². The number of fused-ring (bicyclic) bond motifs is 1. The van der Waals surface area contributed by atoms with Crippen molar-refractivity contribution >= 4 is 28.6 Å². The zero-order valence-electron chi connectivity index (χ0n) is 9.73. The third-order valence-electron chi connectivity index (χ3n) is 2.65. The van der Waals surface area contributed by atoms with Crippen LogP contribution in [0.2, 0.25) is 0 Å². The molecule has 0 aliphatic carbocycles. The highest BCUT2D eigenvalue weighted by Gasteiger charge is 2.10. The van der Waals surface area contributed by atoms with E-state index in [0.29, 0.717) is 23.1 Å². The Morgan fingerprint density at radius 1 is 1.47 bits per heavy atom. The van der Waals surface area contributed by atoms with Gasteiger partial charge in [0, 0.05) is 24.8 Å². The lowest BCUT2D eigenvalue weighted by Crippen LogP contribution is -2.08. The van der Waals surface area contributed by atoms with E-state index in [1.165, 1.54) is 4.57 Å². The monoisotopic (exact) mass is 251 g/mol. The van der Waals surface area contributed by atoms with E-state index >= 15 is 0 Å². The molecule has 0 radical (unpaired) electrons. The van der Waals surface area contributed by atoms with E-state index in [1.54, 1.807) is 37.0 Å². The van der Waals surface area contributed by atoms with Crippen molar-refractivity contribution in [3.63, 3.8) is 0 Å². The second-order valence-corrected chi connectivity index (χ2v) is 4.76. The van der Waals surface area contributed by atoms with Crippen molar-refractivity contribution in [2.75, 3.05) is 12.0 Å². The Bertz CT molecular complexity index is 612. The summed E-state index contributed by atoms with van der Waals surface area (Å²) in [4.78, 5) is 23.1. The second kappa shape index (κ2) is 4.79. The summed E-state index contributed by atoms with van der Waals surface area (Å²) in [5.41, 5.74) is 1.80. The number of carbonyl (C=O) groups excluding carboxylic acids is 1. The van der Waals surface area contributed by atoms with Crippen LogP contribution in [0.15, 0.2) is 27.4 Å². The smallest absolute Gasteiger partial charge is 0.408 e. The lowest BCUT2D eigenvalue weighted by Gasteiger charge is -2.00. The quantitative estimate of drug-likeness (QED) is 0.780. The van der Waals surface area contributed by atoms with E-state index in [9.17, 15) is 9.59 Å². The lowest BCUT2D eigenvalue weighted by molar-refractivity contribution is 0.0989. The molecule has 0 N–H and O–H groups in total. The minimum Gasteiger partial charge on any atom is -0.408 e. The number of aromatic nitrogens is 1. The molecule has 90 valence electrons. The first-order chi connectivity index (χ1) is 8.13. The van der Waals surface area contributed by atoms with Crippen LogP contribution >= 0.6 is 11.8 Å². The largest absolute Gasteiger partial charge is 0.419 e. The van der Waals surface area contributed by atoms with Gasteiger partial charge >= 0.3 is 5.76 Å². The van der Waals surface area contributed by atoms with Crippen LogP contribution < -0.4 is 5.76 Å². The maximum absolute atomic E-state index is 11.8. The fourth-order valence-electron chi connectivity index (χ4n) is 1.64. The van der Waals surface area contributed by atoms with E-state index in [2.05, 4.69) is 0 Å². The molecule has 0 spiro atoms. The Morgan fingerprint density at radius 3 is 2.94 bits per heavy atom. The van der Waals surface area contributed by atoms with E-state index in [4.69, 9.17) is 4.42 Å². The molecule has 0 saturated carbocycles. The van der Waals surface area contributed by atoms with Crippen LogP contribution in [-0.2, 0) is 7.05 Å². The number of oxazole rings is 1. The summed E-state index contributed by atoms with van der Waals surface area (Å²) in [5.74, 6) is 0.491. The Labute approximate surface area is 103 Å². The van der Waals surface area contributed by atoms with Gasteiger partial charge in [-0.15, -0.1) is 0 Å². The number of benzene rings is 1.